The molecule has 4 unspecified atom stereocenters. The van der Waals surface area contributed by atoms with Gasteiger partial charge in [-0.3, -0.25) is 19.3 Å². The predicted octanol–water partition coefficient (Wildman–Crippen LogP) is 4.13. The molecule has 0 radical (unpaired) electrons. The van der Waals surface area contributed by atoms with Crippen molar-refractivity contribution in [1.29, 1.82) is 0 Å². The molecule has 5 nitrogen and oxygen atoms in total. The Labute approximate surface area is 174 Å². The first kappa shape index (κ1) is 21.7. The fraction of sp³-hybridized carbons (Fsp3) is 0.583. The molecule has 0 bridgehead atoms. The molecule has 0 saturated carbocycles. The Morgan fingerprint density at radius 2 is 1.66 bits per heavy atom. The van der Waals surface area contributed by atoms with Crippen molar-refractivity contribution in [2.75, 3.05) is 6.61 Å². The number of hydrogen-bond donors (Lipinski definition) is 0. The van der Waals surface area contributed by atoms with Crippen LogP contribution in [0.4, 0.5) is 0 Å². The van der Waals surface area contributed by atoms with Crippen molar-refractivity contribution in [2.45, 2.75) is 77.4 Å². The van der Waals surface area contributed by atoms with Crippen molar-refractivity contribution >= 4 is 11.8 Å². The normalized spacial score (nSPS) is 32.9. The highest BCUT2D eigenvalue weighted by Crippen LogP contribution is 2.47. The number of nitrogens with zero attached hydrogens (tertiary/aromatic N) is 2. The number of carbonyl (C=O) groups is 2. The third kappa shape index (κ3) is 3.90. The molecule has 2 amide bonds. The highest BCUT2D eigenvalue weighted by atomic mass is 16.7. The van der Waals surface area contributed by atoms with Crippen LogP contribution in [0.15, 0.2) is 42.5 Å². The molecule has 1 aromatic rings. The molecule has 2 aliphatic heterocycles. The Morgan fingerprint density at radius 1 is 1.03 bits per heavy atom. The quantitative estimate of drug-likeness (QED) is 0.648. The van der Waals surface area contributed by atoms with Crippen LogP contribution in [-0.4, -0.2) is 45.5 Å². The molecule has 1 fully saturated rings. The Kier molecular flexibility index (Phi) is 6.30. The number of hydroxylamine groups is 2. The summed E-state index contributed by atoms with van der Waals surface area (Å²) < 4.78 is 0. The van der Waals surface area contributed by atoms with Gasteiger partial charge in [0.2, 0.25) is 0 Å². The van der Waals surface area contributed by atoms with E-state index in [2.05, 4.69) is 51.8 Å². The summed E-state index contributed by atoms with van der Waals surface area (Å²) in [4.78, 5) is 32.8. The third-order valence-corrected chi connectivity index (χ3v) is 7.27. The van der Waals surface area contributed by atoms with E-state index in [0.29, 0.717) is 13.0 Å². The SMILES string of the molecule is CCC1(C)CC(N2C(=O)C=CC2=O)C(C)C(C)(CC)N1OCCc1ccccc1. The zero-order chi connectivity index (χ0) is 21.2. The number of carbonyl (C=O) groups excluding carboxylic acids is 2. The molecule has 5 heteroatoms. The molecule has 0 N–H and O–H groups in total. The van der Waals surface area contributed by atoms with E-state index in [4.69, 9.17) is 4.84 Å². The molecule has 1 aromatic carbocycles. The summed E-state index contributed by atoms with van der Waals surface area (Å²) in [7, 11) is 0. The average molecular weight is 399 g/mol. The molecular formula is C24H34N2O3. The van der Waals surface area contributed by atoms with Gasteiger partial charge in [0.05, 0.1) is 6.61 Å². The highest BCUT2D eigenvalue weighted by Gasteiger charge is 2.56. The van der Waals surface area contributed by atoms with Crippen molar-refractivity contribution in [3.05, 3.63) is 48.0 Å². The molecule has 4 atom stereocenters. The second-order valence-corrected chi connectivity index (χ2v) is 8.86. The monoisotopic (exact) mass is 398 g/mol. The van der Waals surface area contributed by atoms with Gasteiger partial charge < -0.3 is 0 Å². The Bertz CT molecular complexity index is 760. The Morgan fingerprint density at radius 3 is 2.21 bits per heavy atom. The lowest BCUT2D eigenvalue weighted by atomic mass is 9.68. The smallest absolute Gasteiger partial charge is 0.253 e. The number of amides is 2. The maximum atomic E-state index is 12.4. The van der Waals surface area contributed by atoms with Crippen LogP contribution in [-0.2, 0) is 20.8 Å². The maximum Gasteiger partial charge on any atom is 0.253 e. The van der Waals surface area contributed by atoms with Crippen molar-refractivity contribution in [1.82, 2.24) is 9.96 Å². The summed E-state index contributed by atoms with van der Waals surface area (Å²) in [6.07, 6.45) is 6.09. The molecule has 2 heterocycles. The molecule has 1 saturated heterocycles. The first-order chi connectivity index (χ1) is 13.8. The van der Waals surface area contributed by atoms with Gasteiger partial charge in [0.25, 0.3) is 11.8 Å². The van der Waals surface area contributed by atoms with Gasteiger partial charge in [0.1, 0.15) is 0 Å². The van der Waals surface area contributed by atoms with E-state index < -0.39 is 0 Å². The summed E-state index contributed by atoms with van der Waals surface area (Å²) in [6.45, 7) is 11.5. The average Bonchev–Trinajstić information content (AvgIpc) is 3.06. The second-order valence-electron chi connectivity index (χ2n) is 8.86. The van der Waals surface area contributed by atoms with Crippen molar-refractivity contribution in [2.24, 2.45) is 5.92 Å². The number of rotatable bonds is 7. The first-order valence-corrected chi connectivity index (χ1v) is 10.8. The van der Waals surface area contributed by atoms with Crippen molar-refractivity contribution < 1.29 is 14.4 Å². The van der Waals surface area contributed by atoms with E-state index >= 15 is 0 Å². The van der Waals surface area contributed by atoms with Crippen LogP contribution in [0.3, 0.4) is 0 Å². The van der Waals surface area contributed by atoms with Gasteiger partial charge in [0.15, 0.2) is 0 Å². The van der Waals surface area contributed by atoms with Gasteiger partial charge in [-0.05, 0) is 51.0 Å². The minimum atomic E-state index is -0.284. The number of imide groups is 1. The summed E-state index contributed by atoms with van der Waals surface area (Å²) >= 11 is 0. The van der Waals surface area contributed by atoms with E-state index in [1.54, 1.807) is 0 Å². The van der Waals surface area contributed by atoms with Gasteiger partial charge in [-0.2, -0.15) is 5.06 Å². The van der Waals surface area contributed by atoms with Crippen LogP contribution < -0.4 is 0 Å². The largest absolute Gasteiger partial charge is 0.298 e. The molecule has 29 heavy (non-hydrogen) atoms. The topological polar surface area (TPSA) is 49.9 Å². The first-order valence-electron chi connectivity index (χ1n) is 10.8. The van der Waals surface area contributed by atoms with E-state index in [9.17, 15) is 9.59 Å². The standard InChI is InChI=1S/C24H34N2O3/c1-6-23(4)17-20(25-21(27)13-14-22(25)28)18(3)24(5,7-2)26(23)29-16-15-19-11-9-8-10-12-19/h8-14,18,20H,6-7,15-17H2,1-5H3. The minimum absolute atomic E-state index is 0.0941. The van der Waals surface area contributed by atoms with Crippen LogP contribution in [0.25, 0.3) is 0 Å². The van der Waals surface area contributed by atoms with E-state index in [0.717, 1.165) is 19.3 Å². The maximum absolute atomic E-state index is 12.4. The zero-order valence-electron chi connectivity index (χ0n) is 18.4. The predicted molar refractivity (Wildman–Crippen MR) is 114 cm³/mol. The van der Waals surface area contributed by atoms with Gasteiger partial charge in [-0.15, -0.1) is 0 Å². The van der Waals surface area contributed by atoms with Crippen LogP contribution in [0.1, 0.15) is 59.4 Å². The molecule has 0 aliphatic carbocycles. The van der Waals surface area contributed by atoms with Gasteiger partial charge in [-0.1, -0.05) is 51.1 Å². The molecule has 158 valence electrons. The van der Waals surface area contributed by atoms with E-state index in [-0.39, 0.29) is 34.9 Å². The lowest BCUT2D eigenvalue weighted by molar-refractivity contribution is -0.310. The molecule has 2 aliphatic rings. The summed E-state index contributed by atoms with van der Waals surface area (Å²) in [5.74, 6) is -0.291. The van der Waals surface area contributed by atoms with E-state index in [1.807, 2.05) is 18.2 Å². The molecular weight excluding hydrogens is 364 g/mol. The van der Waals surface area contributed by atoms with Crippen LogP contribution in [0.5, 0.6) is 0 Å². The third-order valence-electron chi connectivity index (χ3n) is 7.27. The Hall–Kier alpha value is -1.98. The fourth-order valence-corrected chi connectivity index (χ4v) is 4.94. The van der Waals surface area contributed by atoms with Crippen molar-refractivity contribution in [3.8, 4) is 0 Å². The zero-order valence-corrected chi connectivity index (χ0v) is 18.4. The van der Waals surface area contributed by atoms with Crippen LogP contribution in [0, 0.1) is 5.92 Å². The minimum Gasteiger partial charge on any atom is -0.298 e. The van der Waals surface area contributed by atoms with Crippen LogP contribution >= 0.6 is 0 Å². The lowest BCUT2D eigenvalue weighted by Gasteiger charge is -2.60. The number of piperidine rings is 1. The van der Waals surface area contributed by atoms with Gasteiger partial charge in [-0.25, -0.2) is 0 Å². The molecule has 0 aromatic heterocycles. The van der Waals surface area contributed by atoms with Gasteiger partial charge >= 0.3 is 0 Å². The van der Waals surface area contributed by atoms with E-state index in [1.165, 1.54) is 22.6 Å². The summed E-state index contributed by atoms with van der Waals surface area (Å²) in [5, 5.41) is 2.20. The Balaban J connectivity index is 1.84. The number of benzene rings is 1. The summed E-state index contributed by atoms with van der Waals surface area (Å²) in [6, 6.07) is 10.2. The molecule has 3 rings (SSSR count). The fourth-order valence-electron chi connectivity index (χ4n) is 4.94. The lowest BCUT2D eigenvalue weighted by Crippen LogP contribution is -2.70. The highest BCUT2D eigenvalue weighted by molar-refractivity contribution is 6.13. The van der Waals surface area contributed by atoms with Crippen LogP contribution in [0.2, 0.25) is 0 Å². The van der Waals surface area contributed by atoms with Gasteiger partial charge in [0, 0.05) is 29.3 Å². The number of hydrogen-bond acceptors (Lipinski definition) is 4. The second kappa shape index (κ2) is 8.41. The van der Waals surface area contributed by atoms with Crippen molar-refractivity contribution in [3.63, 3.8) is 0 Å². The molecule has 0 spiro atoms. The summed E-state index contributed by atoms with van der Waals surface area (Å²) in [5.41, 5.74) is 0.709.